The predicted molar refractivity (Wildman–Crippen MR) is 73.3 cm³/mol. The lowest BCUT2D eigenvalue weighted by atomic mass is 10.1. The molecule has 0 saturated carbocycles. The molecule has 2 unspecified atom stereocenters. The summed E-state index contributed by atoms with van der Waals surface area (Å²) in [6, 6.07) is 4.28. The van der Waals surface area contributed by atoms with Gasteiger partial charge in [-0.2, -0.15) is 0 Å². The van der Waals surface area contributed by atoms with Crippen LogP contribution in [0.2, 0.25) is 0 Å². The summed E-state index contributed by atoms with van der Waals surface area (Å²) in [5, 5.41) is 2.58. The molecule has 1 N–H and O–H groups in total. The molecule has 0 aromatic heterocycles. The van der Waals surface area contributed by atoms with Crippen LogP contribution >= 0.6 is 0 Å². The first-order chi connectivity index (χ1) is 10.0. The van der Waals surface area contributed by atoms with Crippen LogP contribution in [-0.4, -0.2) is 41.9 Å². The summed E-state index contributed by atoms with van der Waals surface area (Å²) in [4.78, 5) is 25.2. The first-order valence-corrected chi connectivity index (χ1v) is 7.04. The first kappa shape index (κ1) is 13.9. The molecule has 2 atom stereocenters. The van der Waals surface area contributed by atoms with Crippen molar-refractivity contribution in [2.24, 2.45) is 0 Å². The summed E-state index contributed by atoms with van der Waals surface area (Å²) in [6.45, 7) is 2.29. The predicted octanol–water partition coefficient (Wildman–Crippen LogP) is 0.866. The number of nitrogens with one attached hydrogen (secondary N) is 1. The number of rotatable bonds is 2. The Morgan fingerprint density at radius 3 is 3.00 bits per heavy atom. The normalized spacial score (nSPS) is 25.1. The van der Waals surface area contributed by atoms with Crippen LogP contribution in [0.4, 0.5) is 4.39 Å². The highest BCUT2D eigenvalue weighted by atomic mass is 19.1. The van der Waals surface area contributed by atoms with E-state index in [1.807, 2.05) is 6.92 Å². The zero-order chi connectivity index (χ0) is 15.0. The number of halogens is 1. The average molecular weight is 292 g/mol. The number of amides is 2. The van der Waals surface area contributed by atoms with Crippen LogP contribution in [0.25, 0.3) is 0 Å². The smallest absolute Gasteiger partial charge is 0.242 e. The van der Waals surface area contributed by atoms with Crippen molar-refractivity contribution in [3.05, 3.63) is 29.6 Å². The van der Waals surface area contributed by atoms with Crippen molar-refractivity contribution in [2.75, 3.05) is 13.1 Å². The van der Waals surface area contributed by atoms with Gasteiger partial charge in [0.25, 0.3) is 0 Å². The molecule has 1 aromatic carbocycles. The fourth-order valence-corrected chi connectivity index (χ4v) is 2.86. The Morgan fingerprint density at radius 2 is 2.19 bits per heavy atom. The maximum absolute atomic E-state index is 13.2. The molecule has 0 spiro atoms. The molecular weight excluding hydrogens is 275 g/mol. The van der Waals surface area contributed by atoms with E-state index in [1.54, 1.807) is 11.0 Å². The highest BCUT2D eigenvalue weighted by molar-refractivity contribution is 5.87. The minimum Gasteiger partial charge on any atom is -0.488 e. The number of fused-ring (bicyclic) bond motifs is 1. The summed E-state index contributed by atoms with van der Waals surface area (Å²) in [5.74, 6) is 0.160. The molecule has 2 aliphatic rings. The van der Waals surface area contributed by atoms with Gasteiger partial charge in [-0.3, -0.25) is 9.59 Å². The second-order valence-electron chi connectivity index (χ2n) is 5.57. The maximum Gasteiger partial charge on any atom is 0.242 e. The highest BCUT2D eigenvalue weighted by Crippen LogP contribution is 2.30. The fraction of sp³-hybridized carbons (Fsp3) is 0.467. The molecule has 2 heterocycles. The van der Waals surface area contributed by atoms with Crippen molar-refractivity contribution in [1.82, 2.24) is 10.2 Å². The Morgan fingerprint density at radius 1 is 1.38 bits per heavy atom. The van der Waals surface area contributed by atoms with Crippen LogP contribution in [0, 0.1) is 5.82 Å². The fourth-order valence-electron chi connectivity index (χ4n) is 2.86. The Balaban J connectivity index is 1.70. The van der Waals surface area contributed by atoms with Crippen molar-refractivity contribution in [3.63, 3.8) is 0 Å². The number of nitrogens with zero attached hydrogens (tertiary/aromatic N) is 1. The summed E-state index contributed by atoms with van der Waals surface area (Å²) in [5.41, 5.74) is 0.823. The Hall–Kier alpha value is -2.11. The molecule has 0 bridgehead atoms. The van der Waals surface area contributed by atoms with Crippen LogP contribution in [-0.2, 0) is 16.0 Å². The second-order valence-corrected chi connectivity index (χ2v) is 5.57. The van der Waals surface area contributed by atoms with Crippen molar-refractivity contribution >= 4 is 11.8 Å². The van der Waals surface area contributed by atoms with Gasteiger partial charge in [0.2, 0.25) is 11.8 Å². The third-order valence-corrected chi connectivity index (χ3v) is 3.93. The largest absolute Gasteiger partial charge is 0.488 e. The summed E-state index contributed by atoms with van der Waals surface area (Å²) >= 11 is 0. The summed E-state index contributed by atoms with van der Waals surface area (Å²) < 4.78 is 19.0. The quantitative estimate of drug-likeness (QED) is 0.880. The van der Waals surface area contributed by atoms with E-state index in [-0.39, 0.29) is 36.3 Å². The van der Waals surface area contributed by atoms with Crippen molar-refractivity contribution in [1.29, 1.82) is 0 Å². The molecule has 1 aromatic rings. The molecule has 6 heteroatoms. The van der Waals surface area contributed by atoms with Crippen molar-refractivity contribution in [3.8, 4) is 5.75 Å². The van der Waals surface area contributed by atoms with Gasteiger partial charge >= 0.3 is 0 Å². The summed E-state index contributed by atoms with van der Waals surface area (Å²) in [6.07, 6.45) is 0.673. The van der Waals surface area contributed by atoms with E-state index in [0.717, 1.165) is 5.56 Å². The van der Waals surface area contributed by atoms with Crippen LogP contribution in [0.15, 0.2) is 18.2 Å². The zero-order valence-electron chi connectivity index (χ0n) is 11.8. The van der Waals surface area contributed by atoms with E-state index in [4.69, 9.17) is 4.74 Å². The maximum atomic E-state index is 13.2. The van der Waals surface area contributed by atoms with Crippen LogP contribution in [0.1, 0.15) is 18.9 Å². The zero-order valence-corrected chi connectivity index (χ0v) is 11.8. The van der Waals surface area contributed by atoms with E-state index >= 15 is 0 Å². The monoisotopic (exact) mass is 292 g/mol. The van der Waals surface area contributed by atoms with Gasteiger partial charge in [0.05, 0.1) is 13.1 Å². The molecule has 1 fully saturated rings. The van der Waals surface area contributed by atoms with Gasteiger partial charge in [-0.25, -0.2) is 4.39 Å². The minimum absolute atomic E-state index is 0.0253. The Kier molecular flexibility index (Phi) is 3.53. The van der Waals surface area contributed by atoms with Gasteiger partial charge in [-0.05, 0) is 25.1 Å². The first-order valence-electron chi connectivity index (χ1n) is 7.04. The van der Waals surface area contributed by atoms with E-state index in [2.05, 4.69) is 5.32 Å². The van der Waals surface area contributed by atoms with Crippen LogP contribution < -0.4 is 10.1 Å². The molecule has 2 aliphatic heterocycles. The molecule has 0 radical (unpaired) electrons. The lowest BCUT2D eigenvalue weighted by Crippen LogP contribution is -2.45. The highest BCUT2D eigenvalue weighted by Gasteiger charge is 2.32. The molecule has 112 valence electrons. The number of hydrogen-bond acceptors (Lipinski definition) is 3. The molecule has 3 rings (SSSR count). The topological polar surface area (TPSA) is 58.6 Å². The third kappa shape index (κ3) is 2.84. The van der Waals surface area contributed by atoms with Gasteiger partial charge in [-0.1, -0.05) is 0 Å². The van der Waals surface area contributed by atoms with Gasteiger partial charge in [-0.15, -0.1) is 0 Å². The number of carbonyl (C=O) groups excluding carboxylic acids is 2. The van der Waals surface area contributed by atoms with Crippen molar-refractivity contribution < 1.29 is 18.7 Å². The van der Waals surface area contributed by atoms with Gasteiger partial charge < -0.3 is 15.0 Å². The summed E-state index contributed by atoms with van der Waals surface area (Å²) in [7, 11) is 0. The minimum atomic E-state index is -0.285. The molecular formula is C15H17FN2O3. The molecule has 1 saturated heterocycles. The number of carbonyl (C=O) groups is 2. The number of hydrogen-bond donors (Lipinski definition) is 1. The van der Waals surface area contributed by atoms with Crippen LogP contribution in [0.5, 0.6) is 5.75 Å². The van der Waals surface area contributed by atoms with E-state index in [0.29, 0.717) is 25.1 Å². The van der Waals surface area contributed by atoms with Gasteiger partial charge in [0.1, 0.15) is 17.7 Å². The second kappa shape index (κ2) is 5.35. The standard InChI is InChI=1S/C15H17FN2O3/c1-9-4-14(19)17-7-15(20)18(9)8-12-6-10-5-11(16)2-3-13(10)21-12/h2-3,5,9,12H,4,6-8H2,1H3,(H,17,19). The molecule has 5 nitrogen and oxygen atoms in total. The number of benzene rings is 1. The average Bonchev–Trinajstić information content (AvgIpc) is 2.78. The van der Waals surface area contributed by atoms with E-state index in [9.17, 15) is 14.0 Å². The number of ether oxygens (including phenoxy) is 1. The Labute approximate surface area is 122 Å². The molecule has 2 amide bonds. The van der Waals surface area contributed by atoms with E-state index < -0.39 is 0 Å². The van der Waals surface area contributed by atoms with Gasteiger partial charge in [0, 0.05) is 24.4 Å². The van der Waals surface area contributed by atoms with Crippen molar-refractivity contribution in [2.45, 2.75) is 31.9 Å². The molecule has 0 aliphatic carbocycles. The SMILES string of the molecule is CC1CC(=O)NCC(=O)N1CC1Cc2cc(F)ccc2O1. The van der Waals surface area contributed by atoms with Gasteiger partial charge in [0.15, 0.2) is 0 Å². The lowest BCUT2D eigenvalue weighted by Gasteiger charge is -2.28. The van der Waals surface area contributed by atoms with Crippen LogP contribution in [0.3, 0.4) is 0 Å². The third-order valence-electron chi connectivity index (χ3n) is 3.93. The van der Waals surface area contributed by atoms with E-state index in [1.165, 1.54) is 12.1 Å². The lowest BCUT2D eigenvalue weighted by molar-refractivity contribution is -0.132. The Bertz CT molecular complexity index is 590. The molecule has 21 heavy (non-hydrogen) atoms.